The molecule has 4 rings (SSSR count). The number of pyridine rings is 1. The van der Waals surface area contributed by atoms with Crippen LogP contribution >= 0.6 is 0 Å². The van der Waals surface area contributed by atoms with Crippen LogP contribution in [0.15, 0.2) is 41.3 Å². The van der Waals surface area contributed by atoms with Crippen molar-refractivity contribution in [2.24, 2.45) is 0 Å². The summed E-state index contributed by atoms with van der Waals surface area (Å²) in [7, 11) is 0. The second-order valence-corrected chi connectivity index (χ2v) is 6.80. The van der Waals surface area contributed by atoms with Crippen LogP contribution in [0.3, 0.4) is 0 Å². The molecule has 0 bridgehead atoms. The number of nitrogens with one attached hydrogen (secondary N) is 1. The highest BCUT2D eigenvalue weighted by Gasteiger charge is 2.16. The van der Waals surface area contributed by atoms with Crippen molar-refractivity contribution in [1.82, 2.24) is 9.38 Å². The lowest BCUT2D eigenvalue weighted by molar-refractivity contribution is 0.122. The molecule has 0 spiro atoms. The van der Waals surface area contributed by atoms with Gasteiger partial charge < -0.3 is 20.1 Å². The van der Waals surface area contributed by atoms with Crippen molar-refractivity contribution in [2.45, 2.75) is 13.8 Å². The summed E-state index contributed by atoms with van der Waals surface area (Å²) in [6.45, 7) is 6.55. The van der Waals surface area contributed by atoms with Crippen molar-refractivity contribution >= 4 is 22.8 Å². The molecule has 2 aromatic heterocycles. The van der Waals surface area contributed by atoms with Crippen LogP contribution in [-0.2, 0) is 4.74 Å². The lowest BCUT2D eigenvalue weighted by Crippen LogP contribution is -2.37. The van der Waals surface area contributed by atoms with Gasteiger partial charge in [0.2, 0.25) is 0 Å². The van der Waals surface area contributed by atoms with Crippen LogP contribution in [0, 0.1) is 13.8 Å². The summed E-state index contributed by atoms with van der Waals surface area (Å²) in [5, 5.41) is 13.0. The maximum atomic E-state index is 12.7. The minimum Gasteiger partial charge on any atom is -0.508 e. The second kappa shape index (κ2) is 6.92. The summed E-state index contributed by atoms with van der Waals surface area (Å²) in [6.07, 6.45) is 1.79. The third-order valence-corrected chi connectivity index (χ3v) is 4.70. The first kappa shape index (κ1) is 17.4. The molecule has 3 aromatic rings. The van der Waals surface area contributed by atoms with Gasteiger partial charge >= 0.3 is 0 Å². The lowest BCUT2D eigenvalue weighted by atomic mass is 10.1. The van der Waals surface area contributed by atoms with Gasteiger partial charge in [-0.05, 0) is 49.2 Å². The Morgan fingerprint density at radius 2 is 1.89 bits per heavy atom. The first-order valence-corrected chi connectivity index (χ1v) is 8.95. The Hall–Kier alpha value is -3.06. The molecule has 0 saturated carbocycles. The first-order valence-electron chi connectivity index (χ1n) is 8.95. The molecule has 0 unspecified atom stereocenters. The predicted octanol–water partition coefficient (Wildman–Crippen LogP) is 2.60. The average Bonchev–Trinajstić information content (AvgIpc) is 2.65. The van der Waals surface area contributed by atoms with Crippen molar-refractivity contribution in [3.8, 4) is 5.75 Å². The normalized spacial score (nSPS) is 14.5. The highest BCUT2D eigenvalue weighted by atomic mass is 16.5. The van der Waals surface area contributed by atoms with Crippen molar-refractivity contribution in [3.05, 3.63) is 58.0 Å². The van der Waals surface area contributed by atoms with E-state index in [2.05, 4.69) is 10.2 Å². The van der Waals surface area contributed by atoms with E-state index in [0.717, 1.165) is 22.5 Å². The zero-order valence-electron chi connectivity index (χ0n) is 15.4. The first-order chi connectivity index (χ1) is 13.0. The number of rotatable bonds is 3. The van der Waals surface area contributed by atoms with Gasteiger partial charge in [-0.1, -0.05) is 0 Å². The van der Waals surface area contributed by atoms with Gasteiger partial charge in [0.25, 0.3) is 5.56 Å². The standard InChI is InChI=1S/C20H22N4O3/c1-13-9-17(21-16-4-3-15(25)10-14(16)2)20-22-18(11-19(26)24(20)12-13)23-5-7-27-8-6-23/h3-4,9-12,21,25H,5-8H2,1-2H3. The van der Waals surface area contributed by atoms with E-state index in [1.807, 2.05) is 26.0 Å². The summed E-state index contributed by atoms with van der Waals surface area (Å²) < 4.78 is 6.96. The maximum Gasteiger partial charge on any atom is 0.260 e. The minimum atomic E-state index is -0.115. The van der Waals surface area contributed by atoms with Gasteiger partial charge in [-0.3, -0.25) is 9.20 Å². The Bertz CT molecular complexity index is 1060. The van der Waals surface area contributed by atoms with Gasteiger partial charge in [0.15, 0.2) is 5.65 Å². The predicted molar refractivity (Wildman–Crippen MR) is 105 cm³/mol. The van der Waals surface area contributed by atoms with Crippen LogP contribution in [0.2, 0.25) is 0 Å². The van der Waals surface area contributed by atoms with Gasteiger partial charge in [-0.2, -0.15) is 0 Å². The fraction of sp³-hybridized carbons (Fsp3) is 0.300. The number of anilines is 3. The number of fused-ring (bicyclic) bond motifs is 1. The summed E-state index contributed by atoms with van der Waals surface area (Å²) >= 11 is 0. The van der Waals surface area contributed by atoms with Crippen LogP contribution in [0.25, 0.3) is 5.65 Å². The van der Waals surface area contributed by atoms with Crippen molar-refractivity contribution < 1.29 is 9.84 Å². The zero-order valence-corrected chi connectivity index (χ0v) is 15.4. The summed E-state index contributed by atoms with van der Waals surface area (Å²) in [5.74, 6) is 0.883. The van der Waals surface area contributed by atoms with E-state index >= 15 is 0 Å². The molecule has 0 radical (unpaired) electrons. The molecular weight excluding hydrogens is 344 g/mol. The third-order valence-electron chi connectivity index (χ3n) is 4.70. The molecule has 1 aliphatic rings. The molecule has 1 aliphatic heterocycles. The fourth-order valence-corrected chi connectivity index (χ4v) is 3.31. The van der Waals surface area contributed by atoms with Crippen LogP contribution in [0.4, 0.5) is 17.2 Å². The molecular formula is C20H22N4O3. The van der Waals surface area contributed by atoms with E-state index in [-0.39, 0.29) is 11.3 Å². The van der Waals surface area contributed by atoms with Gasteiger partial charge in [0.05, 0.1) is 18.9 Å². The third kappa shape index (κ3) is 3.46. The quantitative estimate of drug-likeness (QED) is 0.694. The van der Waals surface area contributed by atoms with E-state index in [4.69, 9.17) is 9.72 Å². The molecule has 0 amide bonds. The number of phenols is 1. The molecule has 7 nitrogen and oxygen atoms in total. The summed E-state index contributed by atoms with van der Waals surface area (Å²) in [4.78, 5) is 19.6. The molecule has 1 saturated heterocycles. The zero-order chi connectivity index (χ0) is 19.0. The number of aromatic nitrogens is 2. The number of aryl methyl sites for hydroxylation is 2. The summed E-state index contributed by atoms with van der Waals surface area (Å²) in [5.41, 5.74) is 3.91. The van der Waals surface area contributed by atoms with Crippen molar-refractivity contribution in [1.29, 1.82) is 0 Å². The second-order valence-electron chi connectivity index (χ2n) is 6.80. The van der Waals surface area contributed by atoms with Gasteiger partial charge in [0.1, 0.15) is 11.6 Å². The van der Waals surface area contributed by atoms with Crippen molar-refractivity contribution in [2.75, 3.05) is 36.5 Å². The topological polar surface area (TPSA) is 79.1 Å². The number of benzene rings is 1. The smallest absolute Gasteiger partial charge is 0.260 e. The maximum absolute atomic E-state index is 12.7. The largest absolute Gasteiger partial charge is 0.508 e. The number of morpholine rings is 1. The van der Waals surface area contributed by atoms with E-state index in [0.29, 0.717) is 37.8 Å². The molecule has 1 fully saturated rings. The van der Waals surface area contributed by atoms with Gasteiger partial charge in [0, 0.05) is 31.0 Å². The van der Waals surface area contributed by atoms with E-state index in [1.165, 1.54) is 0 Å². The molecule has 0 aliphatic carbocycles. The van der Waals surface area contributed by atoms with Gasteiger partial charge in [-0.25, -0.2) is 4.98 Å². The van der Waals surface area contributed by atoms with E-state index < -0.39 is 0 Å². The SMILES string of the molecule is Cc1cc(Nc2ccc(O)cc2C)c2nc(N3CCOCC3)cc(=O)n2c1. The Morgan fingerprint density at radius 3 is 2.63 bits per heavy atom. The summed E-state index contributed by atoms with van der Waals surface area (Å²) in [6, 6.07) is 8.68. The average molecular weight is 366 g/mol. The Balaban J connectivity index is 1.83. The molecule has 140 valence electrons. The van der Waals surface area contributed by atoms with E-state index in [1.54, 1.807) is 28.8 Å². The number of phenolic OH excluding ortho intramolecular Hbond substituents is 1. The van der Waals surface area contributed by atoms with E-state index in [9.17, 15) is 9.90 Å². The fourth-order valence-electron chi connectivity index (χ4n) is 3.31. The molecule has 1 aromatic carbocycles. The molecule has 0 atom stereocenters. The number of hydrogen-bond donors (Lipinski definition) is 2. The monoisotopic (exact) mass is 366 g/mol. The van der Waals surface area contributed by atoms with Gasteiger partial charge in [-0.15, -0.1) is 0 Å². The Morgan fingerprint density at radius 1 is 1.11 bits per heavy atom. The number of hydrogen-bond acceptors (Lipinski definition) is 6. The Labute approximate surface area is 156 Å². The molecule has 7 heteroatoms. The number of ether oxygens (including phenoxy) is 1. The lowest BCUT2D eigenvalue weighted by Gasteiger charge is -2.28. The molecule has 2 N–H and O–H groups in total. The minimum absolute atomic E-state index is 0.115. The number of aromatic hydroxyl groups is 1. The van der Waals surface area contributed by atoms with Crippen LogP contribution in [0.5, 0.6) is 5.75 Å². The molecule has 27 heavy (non-hydrogen) atoms. The number of nitrogens with zero attached hydrogens (tertiary/aromatic N) is 3. The Kier molecular flexibility index (Phi) is 4.45. The highest BCUT2D eigenvalue weighted by Crippen LogP contribution is 2.27. The van der Waals surface area contributed by atoms with Crippen LogP contribution < -0.4 is 15.8 Å². The molecule has 3 heterocycles. The van der Waals surface area contributed by atoms with Crippen LogP contribution in [-0.4, -0.2) is 40.8 Å². The van der Waals surface area contributed by atoms with Crippen LogP contribution in [0.1, 0.15) is 11.1 Å². The highest BCUT2D eigenvalue weighted by molar-refractivity contribution is 5.76. The van der Waals surface area contributed by atoms with Crippen molar-refractivity contribution in [3.63, 3.8) is 0 Å².